The fraction of sp³-hybridized carbons (Fsp3) is 0.308. The molecule has 1 fully saturated rings. The highest BCUT2D eigenvalue weighted by Crippen LogP contribution is 2.31. The van der Waals surface area contributed by atoms with Crippen LogP contribution in [0.3, 0.4) is 0 Å². The first-order valence-electron chi connectivity index (χ1n) is 5.82. The number of nitrogens with one attached hydrogen (secondary N) is 1. The molecule has 0 aliphatic heterocycles. The maximum absolute atomic E-state index is 13.6. The van der Waals surface area contributed by atoms with E-state index in [0.29, 0.717) is 6.04 Å². The highest BCUT2D eigenvalue weighted by atomic mass is 32.1. The summed E-state index contributed by atoms with van der Waals surface area (Å²) < 4.78 is 18.5. The van der Waals surface area contributed by atoms with E-state index >= 15 is 0 Å². The summed E-state index contributed by atoms with van der Waals surface area (Å²) in [7, 11) is 1.46. The molecule has 0 amide bonds. The second kappa shape index (κ2) is 4.57. The predicted molar refractivity (Wildman–Crippen MR) is 70.7 cm³/mol. The molecule has 3 nitrogen and oxygen atoms in total. The van der Waals surface area contributed by atoms with Crippen LogP contribution in [0, 0.1) is 5.82 Å². The Kier molecular flexibility index (Phi) is 2.91. The molecule has 2 aromatic rings. The fourth-order valence-corrected chi connectivity index (χ4v) is 2.50. The van der Waals surface area contributed by atoms with Crippen molar-refractivity contribution >= 4 is 16.5 Å². The van der Waals surface area contributed by atoms with Gasteiger partial charge in [-0.3, -0.25) is 0 Å². The molecule has 0 spiro atoms. The van der Waals surface area contributed by atoms with Crippen LogP contribution in [0.15, 0.2) is 23.6 Å². The van der Waals surface area contributed by atoms with E-state index in [4.69, 9.17) is 4.74 Å². The lowest BCUT2D eigenvalue weighted by molar-refractivity contribution is 0.386. The zero-order chi connectivity index (χ0) is 12.5. The van der Waals surface area contributed by atoms with Gasteiger partial charge >= 0.3 is 0 Å². The normalized spacial score (nSPS) is 14.6. The molecule has 0 radical (unpaired) electrons. The Bertz CT molecular complexity index is 566. The Balaban J connectivity index is 1.84. The zero-order valence-corrected chi connectivity index (χ0v) is 10.8. The van der Waals surface area contributed by atoms with Gasteiger partial charge in [0.1, 0.15) is 0 Å². The van der Waals surface area contributed by atoms with Crippen LogP contribution < -0.4 is 10.1 Å². The van der Waals surface area contributed by atoms with Crippen LogP contribution in [0.25, 0.3) is 11.3 Å². The summed E-state index contributed by atoms with van der Waals surface area (Å²) in [5.41, 5.74) is 1.57. The number of anilines is 1. The SMILES string of the molecule is COc1ccc(-c2csc(NC3CC3)n2)cc1F. The smallest absolute Gasteiger partial charge is 0.183 e. The lowest BCUT2D eigenvalue weighted by Gasteiger charge is -2.03. The van der Waals surface area contributed by atoms with Crippen molar-refractivity contribution in [3.8, 4) is 17.0 Å². The molecular weight excluding hydrogens is 251 g/mol. The lowest BCUT2D eigenvalue weighted by atomic mass is 10.1. The molecule has 1 saturated carbocycles. The molecule has 94 valence electrons. The van der Waals surface area contributed by atoms with Gasteiger partial charge in [-0.05, 0) is 31.0 Å². The first kappa shape index (κ1) is 11.5. The number of aromatic nitrogens is 1. The van der Waals surface area contributed by atoms with Crippen molar-refractivity contribution in [2.24, 2.45) is 0 Å². The lowest BCUT2D eigenvalue weighted by Crippen LogP contribution is -1.99. The monoisotopic (exact) mass is 264 g/mol. The minimum atomic E-state index is -0.361. The van der Waals surface area contributed by atoms with Gasteiger partial charge in [-0.1, -0.05) is 0 Å². The third-order valence-corrected chi connectivity index (χ3v) is 3.63. The van der Waals surface area contributed by atoms with Gasteiger partial charge in [-0.15, -0.1) is 11.3 Å². The number of ether oxygens (including phenoxy) is 1. The third-order valence-electron chi connectivity index (χ3n) is 2.86. The number of nitrogens with zero attached hydrogens (tertiary/aromatic N) is 1. The second-order valence-corrected chi connectivity index (χ2v) is 5.16. The van der Waals surface area contributed by atoms with E-state index in [1.165, 1.54) is 26.0 Å². The molecule has 1 N–H and O–H groups in total. The molecule has 0 saturated heterocycles. The Labute approximate surface area is 109 Å². The standard InChI is InChI=1S/C13H13FN2OS/c1-17-12-5-2-8(6-10(12)14)11-7-18-13(16-11)15-9-3-4-9/h2,5-7,9H,3-4H2,1H3,(H,15,16). The molecule has 0 atom stereocenters. The summed E-state index contributed by atoms with van der Waals surface area (Å²) in [6.45, 7) is 0. The molecule has 1 aliphatic carbocycles. The van der Waals surface area contributed by atoms with Gasteiger partial charge in [0.15, 0.2) is 16.7 Å². The first-order valence-corrected chi connectivity index (χ1v) is 6.70. The molecule has 1 aromatic carbocycles. The summed E-state index contributed by atoms with van der Waals surface area (Å²) in [5.74, 6) is -0.106. The van der Waals surface area contributed by atoms with Crippen molar-refractivity contribution in [1.82, 2.24) is 4.98 Å². The Hall–Kier alpha value is -1.62. The summed E-state index contributed by atoms with van der Waals surface area (Å²) in [4.78, 5) is 4.46. The van der Waals surface area contributed by atoms with Crippen LogP contribution in [0.5, 0.6) is 5.75 Å². The van der Waals surface area contributed by atoms with Crippen molar-refractivity contribution in [3.63, 3.8) is 0 Å². The van der Waals surface area contributed by atoms with Crippen molar-refractivity contribution in [3.05, 3.63) is 29.4 Å². The van der Waals surface area contributed by atoms with Gasteiger partial charge in [-0.2, -0.15) is 0 Å². The Morgan fingerprint density at radius 2 is 2.28 bits per heavy atom. The molecule has 0 bridgehead atoms. The number of hydrogen-bond donors (Lipinski definition) is 1. The van der Waals surface area contributed by atoms with Crippen molar-refractivity contribution in [1.29, 1.82) is 0 Å². The van der Waals surface area contributed by atoms with Gasteiger partial charge in [0, 0.05) is 17.0 Å². The molecule has 5 heteroatoms. The number of methoxy groups -OCH3 is 1. The maximum atomic E-state index is 13.6. The molecule has 1 aliphatic rings. The third kappa shape index (κ3) is 2.31. The van der Waals surface area contributed by atoms with E-state index in [0.717, 1.165) is 16.4 Å². The van der Waals surface area contributed by atoms with Gasteiger partial charge < -0.3 is 10.1 Å². The van der Waals surface area contributed by atoms with Gasteiger partial charge in [0.2, 0.25) is 0 Å². The number of hydrogen-bond acceptors (Lipinski definition) is 4. The van der Waals surface area contributed by atoms with Gasteiger partial charge in [0.05, 0.1) is 12.8 Å². The highest BCUT2D eigenvalue weighted by molar-refractivity contribution is 7.14. The summed E-state index contributed by atoms with van der Waals surface area (Å²) in [5, 5.41) is 6.17. The van der Waals surface area contributed by atoms with Crippen LogP contribution in [0.1, 0.15) is 12.8 Å². The number of rotatable bonds is 4. The first-order chi connectivity index (χ1) is 8.76. The van der Waals surface area contributed by atoms with E-state index in [-0.39, 0.29) is 11.6 Å². The maximum Gasteiger partial charge on any atom is 0.183 e. The van der Waals surface area contributed by atoms with E-state index in [9.17, 15) is 4.39 Å². The van der Waals surface area contributed by atoms with Crippen LogP contribution >= 0.6 is 11.3 Å². The zero-order valence-electron chi connectivity index (χ0n) is 9.94. The molecule has 18 heavy (non-hydrogen) atoms. The van der Waals surface area contributed by atoms with Crippen molar-refractivity contribution < 1.29 is 9.13 Å². The average Bonchev–Trinajstić information content (AvgIpc) is 3.05. The minimum Gasteiger partial charge on any atom is -0.494 e. The largest absolute Gasteiger partial charge is 0.494 e. The summed E-state index contributed by atoms with van der Waals surface area (Å²) in [6.07, 6.45) is 2.43. The van der Waals surface area contributed by atoms with E-state index < -0.39 is 0 Å². The van der Waals surface area contributed by atoms with E-state index in [1.54, 1.807) is 17.4 Å². The number of benzene rings is 1. The fourth-order valence-electron chi connectivity index (χ4n) is 1.70. The highest BCUT2D eigenvalue weighted by Gasteiger charge is 2.22. The Morgan fingerprint density at radius 3 is 2.94 bits per heavy atom. The topological polar surface area (TPSA) is 34.1 Å². The average molecular weight is 264 g/mol. The molecule has 3 rings (SSSR count). The minimum absolute atomic E-state index is 0.255. The quantitative estimate of drug-likeness (QED) is 0.917. The number of thiazole rings is 1. The van der Waals surface area contributed by atoms with Crippen LogP contribution in [0.4, 0.5) is 9.52 Å². The summed E-state index contributed by atoms with van der Waals surface area (Å²) >= 11 is 1.55. The molecule has 1 heterocycles. The number of halogens is 1. The van der Waals surface area contributed by atoms with Crippen LogP contribution in [0.2, 0.25) is 0 Å². The van der Waals surface area contributed by atoms with E-state index in [1.807, 2.05) is 11.4 Å². The molecule has 0 unspecified atom stereocenters. The van der Waals surface area contributed by atoms with Gasteiger partial charge in [-0.25, -0.2) is 9.37 Å². The predicted octanol–water partition coefficient (Wildman–Crippen LogP) is 3.53. The van der Waals surface area contributed by atoms with Gasteiger partial charge in [0.25, 0.3) is 0 Å². The second-order valence-electron chi connectivity index (χ2n) is 4.31. The van der Waals surface area contributed by atoms with Crippen LogP contribution in [-0.4, -0.2) is 18.1 Å². The molecular formula is C13H13FN2OS. The Morgan fingerprint density at radius 1 is 1.44 bits per heavy atom. The van der Waals surface area contributed by atoms with Crippen LogP contribution in [-0.2, 0) is 0 Å². The van der Waals surface area contributed by atoms with E-state index in [2.05, 4.69) is 10.3 Å². The molecule has 1 aromatic heterocycles. The van der Waals surface area contributed by atoms with Crippen molar-refractivity contribution in [2.45, 2.75) is 18.9 Å². The summed E-state index contributed by atoms with van der Waals surface area (Å²) in [6, 6.07) is 5.47. The van der Waals surface area contributed by atoms with Crippen molar-refractivity contribution in [2.75, 3.05) is 12.4 Å².